The van der Waals surface area contributed by atoms with E-state index in [1.54, 1.807) is 0 Å². The molecule has 0 fully saturated rings. The number of hydrogen-bond donors (Lipinski definition) is 2. The molecule has 2 N–H and O–H groups in total. The molecule has 0 bridgehead atoms. The highest BCUT2D eigenvalue weighted by molar-refractivity contribution is 7.09. The molecule has 82 valence electrons. The monoisotopic (exact) mass is 228 g/mol. The fourth-order valence-corrected chi connectivity index (χ4v) is 1.94. The molecule has 1 aromatic heterocycles. The Balaban J connectivity index is 2.66. The van der Waals surface area contributed by atoms with Gasteiger partial charge in [-0.2, -0.15) is 0 Å². The lowest BCUT2D eigenvalue weighted by Crippen LogP contribution is -2.41. The summed E-state index contributed by atoms with van der Waals surface area (Å²) in [5, 5.41) is 13.8. The van der Waals surface area contributed by atoms with Crippen LogP contribution >= 0.6 is 11.3 Å². The van der Waals surface area contributed by atoms with Crippen molar-refractivity contribution in [2.24, 2.45) is 0 Å². The van der Waals surface area contributed by atoms with E-state index < -0.39 is 12.0 Å². The molecule has 1 atom stereocenters. The molecule has 0 aliphatic heterocycles. The molecule has 1 heterocycles. The van der Waals surface area contributed by atoms with Crippen LogP contribution in [0.1, 0.15) is 17.6 Å². The van der Waals surface area contributed by atoms with Crippen LogP contribution in [0.3, 0.4) is 0 Å². The normalized spacial score (nSPS) is 12.1. The highest BCUT2D eigenvalue weighted by atomic mass is 32.1. The van der Waals surface area contributed by atoms with Gasteiger partial charge < -0.3 is 10.4 Å². The number of nitrogens with zero attached hydrogens (tertiary/aromatic N) is 1. The van der Waals surface area contributed by atoms with Gasteiger partial charge in [0.2, 0.25) is 5.91 Å². The number of aliphatic carboxylic acids is 1. The number of rotatable bonds is 4. The second-order valence-corrected chi connectivity index (χ2v) is 4.12. The number of amides is 1. The number of aromatic nitrogens is 1. The van der Waals surface area contributed by atoms with E-state index in [2.05, 4.69) is 10.3 Å². The second-order valence-electron chi connectivity index (χ2n) is 3.18. The summed E-state index contributed by atoms with van der Waals surface area (Å²) in [5.41, 5.74) is 0.863. The standard InChI is InChI=1S/C9H12N2O3S/c1-5-4-15-8(10-5)3-7(9(13)14)11-6(2)12/h4,7H,3H2,1-2H3,(H,11,12)(H,13,14). The number of carbonyl (C=O) groups excluding carboxylic acids is 1. The molecule has 6 heteroatoms. The van der Waals surface area contributed by atoms with E-state index >= 15 is 0 Å². The van der Waals surface area contributed by atoms with Crippen molar-refractivity contribution in [3.8, 4) is 0 Å². The van der Waals surface area contributed by atoms with Gasteiger partial charge in [0.25, 0.3) is 0 Å². The van der Waals surface area contributed by atoms with Crippen LogP contribution in [-0.2, 0) is 16.0 Å². The Kier molecular flexibility index (Phi) is 3.79. The van der Waals surface area contributed by atoms with Crippen molar-refractivity contribution in [1.29, 1.82) is 0 Å². The first-order valence-corrected chi connectivity index (χ1v) is 5.28. The van der Waals surface area contributed by atoms with Gasteiger partial charge in [-0.25, -0.2) is 9.78 Å². The van der Waals surface area contributed by atoms with Gasteiger partial charge in [-0.05, 0) is 6.92 Å². The van der Waals surface area contributed by atoms with Crippen LogP contribution in [0.5, 0.6) is 0 Å². The summed E-state index contributed by atoms with van der Waals surface area (Å²) in [6.07, 6.45) is 0.230. The van der Waals surface area contributed by atoms with Crippen LogP contribution < -0.4 is 5.32 Å². The molecular weight excluding hydrogens is 216 g/mol. The molecule has 1 amide bonds. The minimum absolute atomic E-state index is 0.230. The lowest BCUT2D eigenvalue weighted by Gasteiger charge is -2.10. The zero-order chi connectivity index (χ0) is 11.4. The summed E-state index contributed by atoms with van der Waals surface area (Å²) >= 11 is 1.40. The molecule has 15 heavy (non-hydrogen) atoms. The summed E-state index contributed by atoms with van der Waals surface area (Å²) in [4.78, 5) is 25.7. The third kappa shape index (κ3) is 3.67. The average molecular weight is 228 g/mol. The number of hydrogen-bond acceptors (Lipinski definition) is 4. The fourth-order valence-electron chi connectivity index (χ4n) is 1.12. The summed E-state index contributed by atoms with van der Waals surface area (Å²) in [6.45, 7) is 3.14. The van der Waals surface area contributed by atoms with Crippen LogP contribution in [-0.4, -0.2) is 28.0 Å². The molecular formula is C9H12N2O3S. The van der Waals surface area contributed by atoms with Crippen molar-refractivity contribution in [2.45, 2.75) is 26.3 Å². The van der Waals surface area contributed by atoms with Gasteiger partial charge in [-0.1, -0.05) is 0 Å². The molecule has 0 aliphatic rings. The number of carboxylic acid groups (broad SMARTS) is 1. The lowest BCUT2D eigenvalue weighted by molar-refractivity contribution is -0.141. The van der Waals surface area contributed by atoms with Gasteiger partial charge in [0.1, 0.15) is 6.04 Å². The van der Waals surface area contributed by atoms with E-state index in [-0.39, 0.29) is 12.3 Å². The largest absolute Gasteiger partial charge is 0.480 e. The molecule has 0 spiro atoms. The van der Waals surface area contributed by atoms with Crippen molar-refractivity contribution in [3.63, 3.8) is 0 Å². The third-order valence-corrected chi connectivity index (χ3v) is 2.71. The molecule has 0 saturated heterocycles. The van der Waals surface area contributed by atoms with E-state index in [9.17, 15) is 9.59 Å². The van der Waals surface area contributed by atoms with Crippen molar-refractivity contribution in [2.75, 3.05) is 0 Å². The maximum absolute atomic E-state index is 10.8. The molecule has 0 aliphatic carbocycles. The summed E-state index contributed by atoms with van der Waals surface area (Å²) < 4.78 is 0. The molecule has 0 saturated carbocycles. The predicted molar refractivity (Wildman–Crippen MR) is 55.8 cm³/mol. The maximum Gasteiger partial charge on any atom is 0.326 e. The number of carbonyl (C=O) groups is 2. The van der Waals surface area contributed by atoms with E-state index in [4.69, 9.17) is 5.11 Å². The summed E-state index contributed by atoms with van der Waals surface area (Å²) in [5.74, 6) is -1.39. The Morgan fingerprint density at radius 1 is 1.67 bits per heavy atom. The Hall–Kier alpha value is -1.43. The van der Waals surface area contributed by atoms with Crippen molar-refractivity contribution >= 4 is 23.2 Å². The zero-order valence-electron chi connectivity index (χ0n) is 8.48. The predicted octanol–water partition coefficient (Wildman–Crippen LogP) is 0.583. The van der Waals surface area contributed by atoms with Crippen molar-refractivity contribution in [3.05, 3.63) is 16.1 Å². The van der Waals surface area contributed by atoms with E-state index in [1.807, 2.05) is 12.3 Å². The van der Waals surface area contributed by atoms with Crippen LogP contribution in [0.2, 0.25) is 0 Å². The Labute approximate surface area is 91.1 Å². The first kappa shape index (κ1) is 11.6. The minimum atomic E-state index is -1.04. The zero-order valence-corrected chi connectivity index (χ0v) is 9.30. The lowest BCUT2D eigenvalue weighted by atomic mass is 10.2. The fraction of sp³-hybridized carbons (Fsp3) is 0.444. The summed E-state index contributed by atoms with van der Waals surface area (Å²) in [6, 6.07) is -0.895. The quantitative estimate of drug-likeness (QED) is 0.790. The second kappa shape index (κ2) is 4.88. The smallest absolute Gasteiger partial charge is 0.326 e. The molecule has 1 rings (SSSR count). The summed E-state index contributed by atoms with van der Waals surface area (Å²) in [7, 11) is 0. The van der Waals surface area contributed by atoms with Crippen LogP contribution in [0.15, 0.2) is 5.38 Å². The maximum atomic E-state index is 10.8. The van der Waals surface area contributed by atoms with Gasteiger partial charge in [-0.3, -0.25) is 4.79 Å². The highest BCUT2D eigenvalue weighted by Gasteiger charge is 2.20. The highest BCUT2D eigenvalue weighted by Crippen LogP contribution is 2.11. The van der Waals surface area contributed by atoms with Crippen LogP contribution in [0.4, 0.5) is 0 Å². The molecule has 0 aromatic carbocycles. The average Bonchev–Trinajstić information content (AvgIpc) is 2.49. The van der Waals surface area contributed by atoms with E-state index in [0.717, 1.165) is 5.69 Å². The van der Waals surface area contributed by atoms with E-state index in [0.29, 0.717) is 5.01 Å². The molecule has 0 radical (unpaired) electrons. The van der Waals surface area contributed by atoms with Gasteiger partial charge >= 0.3 is 5.97 Å². The van der Waals surface area contributed by atoms with Gasteiger partial charge in [0, 0.05) is 24.4 Å². The SMILES string of the molecule is CC(=O)NC(Cc1nc(C)cs1)C(=O)O. The first-order valence-electron chi connectivity index (χ1n) is 4.40. The van der Waals surface area contributed by atoms with Gasteiger partial charge in [0.15, 0.2) is 0 Å². The number of nitrogens with one attached hydrogen (secondary N) is 1. The number of thiazole rings is 1. The minimum Gasteiger partial charge on any atom is -0.480 e. The van der Waals surface area contributed by atoms with Gasteiger partial charge in [0.05, 0.1) is 5.01 Å². The third-order valence-electron chi connectivity index (χ3n) is 1.72. The van der Waals surface area contributed by atoms with Crippen molar-refractivity contribution in [1.82, 2.24) is 10.3 Å². The first-order chi connectivity index (χ1) is 6.99. The molecule has 1 unspecified atom stereocenters. The van der Waals surface area contributed by atoms with Crippen LogP contribution in [0.25, 0.3) is 0 Å². The van der Waals surface area contributed by atoms with E-state index in [1.165, 1.54) is 18.3 Å². The Morgan fingerprint density at radius 2 is 2.33 bits per heavy atom. The van der Waals surface area contributed by atoms with Gasteiger partial charge in [-0.15, -0.1) is 11.3 Å². The molecule has 5 nitrogen and oxygen atoms in total. The number of carboxylic acids is 1. The van der Waals surface area contributed by atoms with Crippen LogP contribution in [0, 0.1) is 6.92 Å². The molecule has 1 aromatic rings. The topological polar surface area (TPSA) is 79.3 Å². The Bertz CT molecular complexity index is 375. The van der Waals surface area contributed by atoms with Crippen molar-refractivity contribution < 1.29 is 14.7 Å². The number of aryl methyl sites for hydroxylation is 1. The Morgan fingerprint density at radius 3 is 2.73 bits per heavy atom.